The van der Waals surface area contributed by atoms with Crippen molar-refractivity contribution < 1.29 is 24.2 Å². The van der Waals surface area contributed by atoms with Crippen LogP contribution in [-0.4, -0.2) is 57.3 Å². The van der Waals surface area contributed by atoms with E-state index in [4.69, 9.17) is 5.11 Å². The van der Waals surface area contributed by atoms with Gasteiger partial charge in [-0.05, 0) is 12.8 Å². The lowest BCUT2D eigenvalue weighted by Crippen LogP contribution is -2.42. The normalized spacial score (nSPS) is 18.1. The van der Waals surface area contributed by atoms with Crippen LogP contribution in [0.4, 0.5) is 0 Å². The number of aryl methyl sites for hydroxylation is 1. The summed E-state index contributed by atoms with van der Waals surface area (Å²) in [7, 11) is 2.75. The molecule has 0 radical (unpaired) electrons. The quantitative estimate of drug-likeness (QED) is 0.776. The number of amides is 1. The Labute approximate surface area is 114 Å². The number of hydrogen-bond donors (Lipinski definition) is 1. The molecular weight excluding hydrogens is 266 g/mol. The molecule has 1 saturated heterocycles. The Kier molecular flexibility index (Phi) is 3.73. The highest BCUT2D eigenvalue weighted by molar-refractivity contribution is 6.04. The minimum absolute atomic E-state index is 0.0340. The summed E-state index contributed by atoms with van der Waals surface area (Å²) in [6.45, 7) is 0.392. The third kappa shape index (κ3) is 2.24. The van der Waals surface area contributed by atoms with E-state index in [1.54, 1.807) is 0 Å². The second-order valence-corrected chi connectivity index (χ2v) is 4.52. The molecule has 1 aromatic rings. The van der Waals surface area contributed by atoms with Gasteiger partial charge in [0.2, 0.25) is 0 Å². The summed E-state index contributed by atoms with van der Waals surface area (Å²) in [5.41, 5.74) is -0.207. The number of hydrogen-bond acceptors (Lipinski definition) is 5. The van der Waals surface area contributed by atoms with Crippen LogP contribution in [-0.2, 0) is 16.6 Å². The summed E-state index contributed by atoms with van der Waals surface area (Å²) in [4.78, 5) is 36.6. The number of aromatic carboxylic acids is 1. The minimum Gasteiger partial charge on any atom is -0.478 e. The van der Waals surface area contributed by atoms with Crippen molar-refractivity contribution in [3.63, 3.8) is 0 Å². The van der Waals surface area contributed by atoms with E-state index in [2.05, 4.69) is 9.84 Å². The molecule has 108 valence electrons. The summed E-state index contributed by atoms with van der Waals surface area (Å²) in [5.74, 6) is -2.24. The lowest BCUT2D eigenvalue weighted by molar-refractivity contribution is -0.145. The van der Waals surface area contributed by atoms with Crippen LogP contribution >= 0.6 is 0 Å². The molecule has 2 heterocycles. The van der Waals surface area contributed by atoms with Crippen molar-refractivity contribution in [1.29, 1.82) is 0 Å². The molecule has 8 heteroatoms. The number of rotatable bonds is 3. The van der Waals surface area contributed by atoms with Crippen LogP contribution in [0.1, 0.15) is 33.7 Å². The van der Waals surface area contributed by atoms with Crippen LogP contribution in [0.3, 0.4) is 0 Å². The van der Waals surface area contributed by atoms with Crippen LogP contribution in [0.15, 0.2) is 6.20 Å². The molecule has 1 unspecified atom stereocenters. The monoisotopic (exact) mass is 281 g/mol. The zero-order chi connectivity index (χ0) is 14.9. The minimum atomic E-state index is -1.23. The fourth-order valence-corrected chi connectivity index (χ4v) is 2.37. The molecule has 20 heavy (non-hydrogen) atoms. The Morgan fingerprint density at radius 2 is 2.15 bits per heavy atom. The zero-order valence-corrected chi connectivity index (χ0v) is 11.2. The summed E-state index contributed by atoms with van der Waals surface area (Å²) in [6, 6.07) is -0.663. The molecule has 8 nitrogen and oxygen atoms in total. The van der Waals surface area contributed by atoms with Crippen molar-refractivity contribution in [3.05, 3.63) is 17.5 Å². The lowest BCUT2D eigenvalue weighted by atomic mass is 10.2. The van der Waals surface area contributed by atoms with Gasteiger partial charge in [0.25, 0.3) is 5.91 Å². The van der Waals surface area contributed by atoms with Gasteiger partial charge in [0.15, 0.2) is 0 Å². The number of nitrogens with zero attached hydrogens (tertiary/aromatic N) is 3. The number of carboxylic acids is 1. The van der Waals surface area contributed by atoms with Crippen molar-refractivity contribution >= 4 is 17.8 Å². The first-order chi connectivity index (χ1) is 9.47. The fraction of sp³-hybridized carbons (Fsp3) is 0.500. The summed E-state index contributed by atoms with van der Waals surface area (Å²) in [5, 5.41) is 12.9. The summed E-state index contributed by atoms with van der Waals surface area (Å²) in [6.07, 6.45) is 2.31. The molecule has 1 amide bonds. The number of methoxy groups -OCH3 is 1. The van der Waals surface area contributed by atoms with E-state index in [1.165, 1.54) is 23.7 Å². The molecule has 1 fully saturated rings. The van der Waals surface area contributed by atoms with E-state index in [1.807, 2.05) is 0 Å². The molecule has 1 aliphatic rings. The van der Waals surface area contributed by atoms with Crippen LogP contribution < -0.4 is 0 Å². The zero-order valence-electron chi connectivity index (χ0n) is 11.2. The van der Waals surface area contributed by atoms with Crippen molar-refractivity contribution in [2.75, 3.05) is 13.7 Å². The molecule has 0 aromatic carbocycles. The standard InChI is InChI=1S/C12H15N3O5/c1-14-9(7(6-13-14)11(17)18)10(16)15-5-3-4-8(15)12(19)20-2/h6,8H,3-5H2,1-2H3,(H,17,18). The Balaban J connectivity index is 2.34. The average molecular weight is 281 g/mol. The van der Waals surface area contributed by atoms with E-state index in [0.29, 0.717) is 19.4 Å². The van der Waals surface area contributed by atoms with Gasteiger partial charge in [0.1, 0.15) is 17.3 Å². The number of likely N-dealkylation sites (tertiary alicyclic amines) is 1. The predicted molar refractivity (Wildman–Crippen MR) is 66.2 cm³/mol. The van der Waals surface area contributed by atoms with Crippen molar-refractivity contribution in [3.8, 4) is 0 Å². The first-order valence-electron chi connectivity index (χ1n) is 6.11. The predicted octanol–water partition coefficient (Wildman–Crippen LogP) is -0.104. The molecule has 0 bridgehead atoms. The highest BCUT2D eigenvalue weighted by Crippen LogP contribution is 2.22. The molecule has 0 aliphatic carbocycles. The van der Waals surface area contributed by atoms with Crippen LogP contribution in [0.2, 0.25) is 0 Å². The van der Waals surface area contributed by atoms with Gasteiger partial charge >= 0.3 is 11.9 Å². The van der Waals surface area contributed by atoms with Gasteiger partial charge in [-0.1, -0.05) is 0 Å². The fourth-order valence-electron chi connectivity index (χ4n) is 2.37. The number of carboxylic acid groups (broad SMARTS) is 1. The third-order valence-electron chi connectivity index (χ3n) is 3.36. The molecule has 1 atom stereocenters. The topological polar surface area (TPSA) is 102 Å². The smallest absolute Gasteiger partial charge is 0.339 e. The van der Waals surface area contributed by atoms with Gasteiger partial charge in [-0.2, -0.15) is 5.10 Å². The number of carbonyl (C=O) groups excluding carboxylic acids is 2. The molecule has 1 aromatic heterocycles. The van der Waals surface area contributed by atoms with Crippen LogP contribution in [0, 0.1) is 0 Å². The molecular formula is C12H15N3O5. The van der Waals surface area contributed by atoms with Gasteiger partial charge in [-0.25, -0.2) is 9.59 Å². The summed E-state index contributed by atoms with van der Waals surface area (Å²) >= 11 is 0. The van der Waals surface area contributed by atoms with Crippen molar-refractivity contribution in [2.24, 2.45) is 7.05 Å². The van der Waals surface area contributed by atoms with Gasteiger partial charge in [-0.3, -0.25) is 9.48 Å². The van der Waals surface area contributed by atoms with Crippen molar-refractivity contribution in [1.82, 2.24) is 14.7 Å². The highest BCUT2D eigenvalue weighted by Gasteiger charge is 2.37. The largest absolute Gasteiger partial charge is 0.478 e. The van der Waals surface area contributed by atoms with Gasteiger partial charge < -0.3 is 14.7 Å². The van der Waals surface area contributed by atoms with E-state index in [0.717, 1.165) is 6.20 Å². The van der Waals surface area contributed by atoms with E-state index in [9.17, 15) is 14.4 Å². The second kappa shape index (κ2) is 5.32. The maximum atomic E-state index is 12.5. The summed E-state index contributed by atoms with van der Waals surface area (Å²) < 4.78 is 5.88. The van der Waals surface area contributed by atoms with Crippen LogP contribution in [0.5, 0.6) is 0 Å². The first-order valence-corrected chi connectivity index (χ1v) is 6.11. The maximum Gasteiger partial charge on any atom is 0.339 e. The number of esters is 1. The maximum absolute atomic E-state index is 12.5. The Morgan fingerprint density at radius 3 is 2.75 bits per heavy atom. The Hall–Kier alpha value is -2.38. The third-order valence-corrected chi connectivity index (χ3v) is 3.36. The van der Waals surface area contributed by atoms with E-state index < -0.39 is 23.9 Å². The average Bonchev–Trinajstić information content (AvgIpc) is 3.03. The number of ether oxygens (including phenoxy) is 1. The highest BCUT2D eigenvalue weighted by atomic mass is 16.5. The Morgan fingerprint density at radius 1 is 1.45 bits per heavy atom. The van der Waals surface area contributed by atoms with Crippen molar-refractivity contribution in [2.45, 2.75) is 18.9 Å². The number of carbonyl (C=O) groups is 3. The van der Waals surface area contributed by atoms with Gasteiger partial charge in [0.05, 0.1) is 13.3 Å². The van der Waals surface area contributed by atoms with Crippen LogP contribution in [0.25, 0.3) is 0 Å². The second-order valence-electron chi connectivity index (χ2n) is 4.52. The lowest BCUT2D eigenvalue weighted by Gasteiger charge is -2.22. The Bertz CT molecular complexity index is 565. The molecule has 0 saturated carbocycles. The van der Waals surface area contributed by atoms with E-state index in [-0.39, 0.29) is 11.3 Å². The van der Waals surface area contributed by atoms with Gasteiger partial charge in [-0.15, -0.1) is 0 Å². The number of aromatic nitrogens is 2. The SMILES string of the molecule is COC(=O)C1CCCN1C(=O)c1c(C(=O)O)cnn1C. The molecule has 0 spiro atoms. The van der Waals surface area contributed by atoms with E-state index >= 15 is 0 Å². The van der Waals surface area contributed by atoms with Gasteiger partial charge in [0, 0.05) is 13.6 Å². The molecule has 2 rings (SSSR count). The first kappa shape index (κ1) is 14.0. The molecule has 1 N–H and O–H groups in total. The molecule has 1 aliphatic heterocycles.